The Bertz CT molecular complexity index is 1180. The van der Waals surface area contributed by atoms with Crippen LogP contribution >= 0.6 is 11.9 Å². The number of nitrogens with zero attached hydrogens (tertiary/aromatic N) is 1. The van der Waals surface area contributed by atoms with Crippen LogP contribution in [0.2, 0.25) is 0 Å². The summed E-state index contributed by atoms with van der Waals surface area (Å²) >= 11 is 0.782. The molecular formula is C29H40F3N3O6S. The number of alkyl halides is 3. The van der Waals surface area contributed by atoms with Gasteiger partial charge in [-0.1, -0.05) is 60.1 Å². The quantitative estimate of drug-likeness (QED) is 0.188. The highest BCUT2D eigenvalue weighted by atomic mass is 32.2. The highest BCUT2D eigenvalue weighted by Gasteiger charge is 2.34. The molecule has 42 heavy (non-hydrogen) atoms. The molecule has 0 aromatic heterocycles. The summed E-state index contributed by atoms with van der Waals surface area (Å²) < 4.78 is 50.2. The summed E-state index contributed by atoms with van der Waals surface area (Å²) in [6.07, 6.45) is -3.00. The maximum absolute atomic E-state index is 13.1. The number of benzene rings is 2. The standard InChI is InChI=1S/C22H20F3N3O6S.C3H8.2C2H6/c1-28(15-7-8-19(30)26-20(15)31)21(32)13-10-17(33-2)14(9-12(13)11-29)27-35-18-6-4-3-5-16(18)34-22(23,24)25;1-3-2;2*1-2/h3-6,9-11,15,27H,7-8H2,1-2H3,(H,26,30,31);3H2,1-2H3;2*1-2H3. The van der Waals surface area contributed by atoms with Crippen LogP contribution < -0.4 is 19.5 Å². The van der Waals surface area contributed by atoms with Crippen LogP contribution in [0.1, 0.15) is 81.5 Å². The molecule has 1 atom stereocenters. The lowest BCUT2D eigenvalue weighted by atomic mass is 10.0. The van der Waals surface area contributed by atoms with Gasteiger partial charge in [-0.3, -0.25) is 24.5 Å². The number of rotatable bonds is 8. The summed E-state index contributed by atoms with van der Waals surface area (Å²) in [7, 11) is 2.69. The third-order valence-electron chi connectivity index (χ3n) is 5.07. The van der Waals surface area contributed by atoms with Gasteiger partial charge in [0.1, 0.15) is 17.5 Å². The number of anilines is 1. The van der Waals surface area contributed by atoms with Crippen molar-refractivity contribution >= 4 is 41.6 Å². The van der Waals surface area contributed by atoms with Crippen molar-refractivity contribution in [2.24, 2.45) is 0 Å². The first-order chi connectivity index (χ1) is 19.9. The number of methoxy groups -OCH3 is 1. The Morgan fingerprint density at radius 3 is 2.24 bits per heavy atom. The Kier molecular flexibility index (Phi) is 17.7. The largest absolute Gasteiger partial charge is 0.573 e. The molecule has 3 amide bonds. The van der Waals surface area contributed by atoms with Crippen molar-refractivity contribution in [1.29, 1.82) is 0 Å². The fourth-order valence-corrected chi connectivity index (χ4v) is 4.10. The number of hydrogen-bond acceptors (Lipinski definition) is 8. The van der Waals surface area contributed by atoms with Crippen molar-refractivity contribution in [2.45, 2.75) is 78.1 Å². The molecule has 0 saturated carbocycles. The summed E-state index contributed by atoms with van der Waals surface area (Å²) in [6.45, 7) is 12.2. The van der Waals surface area contributed by atoms with Gasteiger partial charge in [-0.2, -0.15) is 0 Å². The third kappa shape index (κ3) is 11.6. The van der Waals surface area contributed by atoms with Crippen molar-refractivity contribution in [3.8, 4) is 11.5 Å². The molecule has 1 aliphatic heterocycles. The zero-order valence-electron chi connectivity index (χ0n) is 25.2. The predicted octanol–water partition coefficient (Wildman–Crippen LogP) is 6.87. The van der Waals surface area contributed by atoms with Crippen LogP contribution in [0, 0.1) is 0 Å². The van der Waals surface area contributed by atoms with E-state index in [-0.39, 0.29) is 40.3 Å². The van der Waals surface area contributed by atoms with Crippen molar-refractivity contribution in [3.63, 3.8) is 0 Å². The minimum atomic E-state index is -4.88. The zero-order chi connectivity index (χ0) is 32.5. The molecule has 2 aromatic rings. The molecule has 234 valence electrons. The lowest BCUT2D eigenvalue weighted by Crippen LogP contribution is -2.53. The minimum absolute atomic E-state index is 0.0436. The molecule has 3 rings (SSSR count). The molecule has 0 bridgehead atoms. The van der Waals surface area contributed by atoms with Gasteiger partial charge in [-0.15, -0.1) is 13.2 Å². The molecule has 1 unspecified atom stereocenters. The highest BCUT2D eigenvalue weighted by molar-refractivity contribution is 8.00. The average Bonchev–Trinajstić information content (AvgIpc) is 2.97. The number of piperidine rings is 1. The zero-order valence-corrected chi connectivity index (χ0v) is 26.0. The monoisotopic (exact) mass is 615 g/mol. The van der Waals surface area contributed by atoms with Crippen LogP contribution in [0.5, 0.6) is 11.5 Å². The molecule has 1 aliphatic rings. The predicted molar refractivity (Wildman–Crippen MR) is 158 cm³/mol. The van der Waals surface area contributed by atoms with Crippen LogP contribution in [0.15, 0.2) is 41.3 Å². The Labute approximate surface area is 249 Å². The molecule has 0 radical (unpaired) electrons. The first-order valence-corrected chi connectivity index (χ1v) is 14.3. The summed E-state index contributed by atoms with van der Waals surface area (Å²) in [5, 5.41) is 2.17. The average molecular weight is 616 g/mol. The van der Waals surface area contributed by atoms with Crippen LogP contribution in [-0.2, 0) is 9.59 Å². The maximum atomic E-state index is 13.1. The summed E-state index contributed by atoms with van der Waals surface area (Å²) in [4.78, 5) is 49.6. The van der Waals surface area contributed by atoms with E-state index in [9.17, 15) is 32.3 Å². The normalized spacial score (nSPS) is 13.8. The fraction of sp³-hybridized carbons (Fsp3) is 0.448. The van der Waals surface area contributed by atoms with E-state index in [1.54, 1.807) is 0 Å². The number of aldehydes is 1. The Balaban J connectivity index is 0.00000221. The molecule has 2 aromatic carbocycles. The number of likely N-dealkylation sites (N-methyl/N-ethyl adjacent to an activating group) is 1. The fourth-order valence-electron chi connectivity index (χ4n) is 3.36. The molecular weight excluding hydrogens is 575 g/mol. The van der Waals surface area contributed by atoms with E-state index in [2.05, 4.69) is 28.6 Å². The van der Waals surface area contributed by atoms with Gasteiger partial charge in [0.25, 0.3) is 5.91 Å². The molecule has 0 aliphatic carbocycles. The number of amides is 3. The van der Waals surface area contributed by atoms with E-state index in [1.165, 1.54) is 50.9 Å². The van der Waals surface area contributed by atoms with Crippen molar-refractivity contribution in [3.05, 3.63) is 47.5 Å². The number of carbonyl (C=O) groups is 4. The first-order valence-electron chi connectivity index (χ1n) is 13.5. The second-order valence-electron chi connectivity index (χ2n) is 8.05. The lowest BCUT2D eigenvalue weighted by molar-refractivity contribution is -0.275. The van der Waals surface area contributed by atoms with Crippen LogP contribution in [0.3, 0.4) is 0 Å². The minimum Gasteiger partial charge on any atom is -0.495 e. The maximum Gasteiger partial charge on any atom is 0.573 e. The van der Waals surface area contributed by atoms with Gasteiger partial charge in [0, 0.05) is 19.0 Å². The van der Waals surface area contributed by atoms with E-state index >= 15 is 0 Å². The van der Waals surface area contributed by atoms with Crippen LogP contribution in [-0.4, -0.2) is 55.5 Å². The van der Waals surface area contributed by atoms with E-state index in [0.29, 0.717) is 6.29 Å². The van der Waals surface area contributed by atoms with Gasteiger partial charge in [0.15, 0.2) is 6.29 Å². The van der Waals surface area contributed by atoms with Gasteiger partial charge in [0.2, 0.25) is 11.8 Å². The van der Waals surface area contributed by atoms with Gasteiger partial charge in [0.05, 0.1) is 23.3 Å². The third-order valence-corrected chi connectivity index (χ3v) is 5.95. The van der Waals surface area contributed by atoms with Crippen molar-refractivity contribution < 1.29 is 41.8 Å². The summed E-state index contributed by atoms with van der Waals surface area (Å²) in [5.41, 5.74) is 0.111. The highest BCUT2D eigenvalue weighted by Crippen LogP contribution is 2.37. The van der Waals surface area contributed by atoms with Gasteiger partial charge >= 0.3 is 6.36 Å². The Morgan fingerprint density at radius 2 is 1.71 bits per heavy atom. The number of ether oxygens (including phenoxy) is 2. The number of carbonyl (C=O) groups excluding carboxylic acids is 4. The van der Waals surface area contributed by atoms with Gasteiger partial charge < -0.3 is 19.1 Å². The second-order valence-corrected chi connectivity index (χ2v) is 8.89. The number of nitrogens with one attached hydrogen (secondary N) is 2. The van der Waals surface area contributed by atoms with Crippen LogP contribution in [0.4, 0.5) is 18.9 Å². The van der Waals surface area contributed by atoms with Crippen LogP contribution in [0.25, 0.3) is 0 Å². The first kappa shape index (κ1) is 38.3. The smallest absolute Gasteiger partial charge is 0.495 e. The van der Waals surface area contributed by atoms with E-state index in [0.717, 1.165) is 22.9 Å². The Morgan fingerprint density at radius 1 is 1.12 bits per heavy atom. The number of hydrogen-bond donors (Lipinski definition) is 2. The molecule has 0 spiro atoms. The number of halogens is 3. The van der Waals surface area contributed by atoms with Crippen molar-refractivity contribution in [1.82, 2.24) is 10.2 Å². The van der Waals surface area contributed by atoms with Gasteiger partial charge in [-0.05, 0) is 42.6 Å². The summed E-state index contributed by atoms with van der Waals surface area (Å²) in [6, 6.07) is 7.15. The topological polar surface area (TPSA) is 114 Å². The van der Waals surface area contributed by atoms with E-state index in [1.807, 2.05) is 27.7 Å². The molecule has 13 heteroatoms. The van der Waals surface area contributed by atoms with E-state index < -0.39 is 35.9 Å². The van der Waals surface area contributed by atoms with E-state index in [4.69, 9.17) is 4.74 Å². The second kappa shape index (κ2) is 19.4. The summed E-state index contributed by atoms with van der Waals surface area (Å²) in [5.74, 6) is -2.01. The molecule has 1 saturated heterocycles. The number of para-hydroxylation sites is 1. The molecule has 1 fully saturated rings. The van der Waals surface area contributed by atoms with Gasteiger partial charge in [-0.25, -0.2) is 0 Å². The SMILES string of the molecule is CC.CC.CCC.COc1cc(C(=O)N(C)C2CCC(=O)NC2=O)c(C=O)cc1NSc1ccccc1OC(F)(F)F. The Hall–Kier alpha value is -3.74. The lowest BCUT2D eigenvalue weighted by Gasteiger charge is -2.30. The molecule has 2 N–H and O–H groups in total. The van der Waals surface area contributed by atoms with Crippen molar-refractivity contribution in [2.75, 3.05) is 18.9 Å². The number of imide groups is 1. The molecule has 1 heterocycles. The molecule has 9 nitrogen and oxygen atoms in total.